The molecule has 3 fully saturated rings. The first kappa shape index (κ1) is 14.3. The zero-order valence-electron chi connectivity index (χ0n) is 12.5. The van der Waals surface area contributed by atoms with Crippen molar-refractivity contribution in [2.24, 2.45) is 5.92 Å². The van der Waals surface area contributed by atoms with Gasteiger partial charge >= 0.3 is 0 Å². The molecule has 4 heteroatoms. The quantitative estimate of drug-likeness (QED) is 0.859. The van der Waals surface area contributed by atoms with Crippen LogP contribution >= 0.6 is 0 Å². The van der Waals surface area contributed by atoms with Gasteiger partial charge in [-0.3, -0.25) is 4.79 Å². The first-order valence-electron chi connectivity index (χ1n) is 8.46. The number of rotatable bonds is 3. The minimum atomic E-state index is 0.182. The van der Waals surface area contributed by atoms with Gasteiger partial charge in [0.05, 0.1) is 12.5 Å². The standard InChI is InChI=1S/C16H28N2O2/c19-16(11-14-6-1-2-10-20-14)18-9-4-7-15(18)13-5-3-8-17-12-13/h13-15,17H,1-12H2. The molecule has 20 heavy (non-hydrogen) atoms. The van der Waals surface area contributed by atoms with Crippen LogP contribution in [0.3, 0.4) is 0 Å². The molecule has 0 aromatic heterocycles. The molecule has 0 aliphatic carbocycles. The second kappa shape index (κ2) is 6.90. The van der Waals surface area contributed by atoms with Crippen molar-refractivity contribution in [1.29, 1.82) is 0 Å². The van der Waals surface area contributed by atoms with Crippen molar-refractivity contribution < 1.29 is 9.53 Å². The van der Waals surface area contributed by atoms with Gasteiger partial charge in [-0.2, -0.15) is 0 Å². The summed E-state index contributed by atoms with van der Waals surface area (Å²) in [6, 6.07) is 0.485. The van der Waals surface area contributed by atoms with Crippen molar-refractivity contribution in [1.82, 2.24) is 10.2 Å². The monoisotopic (exact) mass is 280 g/mol. The molecule has 0 spiro atoms. The van der Waals surface area contributed by atoms with Gasteiger partial charge in [-0.25, -0.2) is 0 Å². The van der Waals surface area contributed by atoms with Gasteiger partial charge in [0.2, 0.25) is 5.91 Å². The maximum atomic E-state index is 12.6. The van der Waals surface area contributed by atoms with Crippen LogP contribution < -0.4 is 5.32 Å². The Balaban J connectivity index is 1.55. The van der Waals surface area contributed by atoms with Crippen molar-refractivity contribution in [3.63, 3.8) is 0 Å². The zero-order chi connectivity index (χ0) is 13.8. The predicted molar refractivity (Wildman–Crippen MR) is 78.5 cm³/mol. The summed E-state index contributed by atoms with van der Waals surface area (Å²) in [6.45, 7) is 4.04. The number of hydrogen-bond donors (Lipinski definition) is 1. The largest absolute Gasteiger partial charge is 0.378 e. The molecule has 3 unspecified atom stereocenters. The van der Waals surface area contributed by atoms with Gasteiger partial charge in [0.1, 0.15) is 0 Å². The molecule has 3 heterocycles. The summed E-state index contributed by atoms with van der Waals surface area (Å²) in [4.78, 5) is 14.8. The highest BCUT2D eigenvalue weighted by Gasteiger charge is 2.35. The van der Waals surface area contributed by atoms with Crippen LogP contribution in [0.4, 0.5) is 0 Å². The molecular weight excluding hydrogens is 252 g/mol. The molecule has 0 radical (unpaired) electrons. The highest BCUT2D eigenvalue weighted by atomic mass is 16.5. The SMILES string of the molecule is O=C(CC1CCCCO1)N1CCCC1C1CCCNC1. The summed E-state index contributed by atoms with van der Waals surface area (Å²) >= 11 is 0. The number of likely N-dealkylation sites (tertiary alicyclic amines) is 1. The maximum Gasteiger partial charge on any atom is 0.225 e. The summed E-state index contributed by atoms with van der Waals surface area (Å²) in [5.74, 6) is 1.01. The van der Waals surface area contributed by atoms with Crippen LogP contribution in [-0.4, -0.2) is 49.2 Å². The van der Waals surface area contributed by atoms with Crippen molar-refractivity contribution in [3.05, 3.63) is 0 Å². The minimum Gasteiger partial charge on any atom is -0.378 e. The molecule has 3 aliphatic heterocycles. The molecule has 4 nitrogen and oxygen atoms in total. The molecular formula is C16H28N2O2. The van der Waals surface area contributed by atoms with Crippen LogP contribution in [0.5, 0.6) is 0 Å². The molecule has 0 bridgehead atoms. The Morgan fingerprint density at radius 3 is 2.85 bits per heavy atom. The highest BCUT2D eigenvalue weighted by molar-refractivity contribution is 5.77. The van der Waals surface area contributed by atoms with E-state index in [1.54, 1.807) is 0 Å². The number of amides is 1. The molecule has 0 aromatic rings. The third-order valence-corrected chi connectivity index (χ3v) is 5.18. The average Bonchev–Trinajstić information content (AvgIpc) is 2.99. The molecule has 3 rings (SSSR count). The van der Waals surface area contributed by atoms with E-state index in [4.69, 9.17) is 4.74 Å². The number of nitrogens with one attached hydrogen (secondary N) is 1. The van der Waals surface area contributed by atoms with E-state index in [2.05, 4.69) is 10.2 Å². The Hall–Kier alpha value is -0.610. The molecule has 114 valence electrons. The lowest BCUT2D eigenvalue weighted by atomic mass is 9.90. The van der Waals surface area contributed by atoms with Gasteiger partial charge in [0, 0.05) is 19.2 Å². The number of hydrogen-bond acceptors (Lipinski definition) is 3. The van der Waals surface area contributed by atoms with Crippen LogP contribution in [0, 0.1) is 5.92 Å². The maximum absolute atomic E-state index is 12.6. The highest BCUT2D eigenvalue weighted by Crippen LogP contribution is 2.29. The Kier molecular flexibility index (Phi) is 4.94. The Morgan fingerprint density at radius 2 is 2.10 bits per heavy atom. The first-order valence-corrected chi connectivity index (χ1v) is 8.46. The summed E-state index contributed by atoms with van der Waals surface area (Å²) in [7, 11) is 0. The Bertz CT molecular complexity index is 322. The molecule has 1 N–H and O–H groups in total. The van der Waals surface area contributed by atoms with Crippen molar-refractivity contribution >= 4 is 5.91 Å². The van der Waals surface area contributed by atoms with Crippen LogP contribution in [0.1, 0.15) is 51.4 Å². The van der Waals surface area contributed by atoms with Crippen LogP contribution in [-0.2, 0) is 9.53 Å². The van der Waals surface area contributed by atoms with Crippen LogP contribution in [0.25, 0.3) is 0 Å². The normalized spacial score (nSPS) is 35.2. The third-order valence-electron chi connectivity index (χ3n) is 5.18. The number of piperidine rings is 1. The first-order chi connectivity index (χ1) is 9.84. The Labute approximate surface area is 122 Å². The summed E-state index contributed by atoms with van der Waals surface area (Å²) in [5, 5.41) is 3.49. The second-order valence-corrected chi connectivity index (χ2v) is 6.60. The van der Waals surface area contributed by atoms with Crippen molar-refractivity contribution in [2.45, 2.75) is 63.5 Å². The summed E-state index contributed by atoms with van der Waals surface area (Å²) in [6.07, 6.45) is 9.14. The fourth-order valence-corrected chi connectivity index (χ4v) is 4.08. The number of nitrogens with zero attached hydrogens (tertiary/aromatic N) is 1. The topological polar surface area (TPSA) is 41.6 Å². The molecule has 0 aromatic carbocycles. The van der Waals surface area contributed by atoms with E-state index >= 15 is 0 Å². The lowest BCUT2D eigenvalue weighted by Crippen LogP contribution is -2.46. The third kappa shape index (κ3) is 3.34. The van der Waals surface area contributed by atoms with Crippen LogP contribution in [0.15, 0.2) is 0 Å². The second-order valence-electron chi connectivity index (χ2n) is 6.60. The summed E-state index contributed by atoms with van der Waals surface area (Å²) in [5.41, 5.74) is 0. The average molecular weight is 280 g/mol. The summed E-state index contributed by atoms with van der Waals surface area (Å²) < 4.78 is 5.73. The molecule has 3 saturated heterocycles. The smallest absolute Gasteiger partial charge is 0.225 e. The van der Waals surface area contributed by atoms with Crippen LogP contribution in [0.2, 0.25) is 0 Å². The number of carbonyl (C=O) groups excluding carboxylic acids is 1. The van der Waals surface area contributed by atoms with Gasteiger partial charge in [-0.1, -0.05) is 0 Å². The fourth-order valence-electron chi connectivity index (χ4n) is 4.08. The number of ether oxygens (including phenoxy) is 1. The fraction of sp³-hybridized carbons (Fsp3) is 0.938. The van der Waals surface area contributed by atoms with Gasteiger partial charge in [0.25, 0.3) is 0 Å². The van der Waals surface area contributed by atoms with E-state index in [9.17, 15) is 4.79 Å². The van der Waals surface area contributed by atoms with Gasteiger partial charge in [0.15, 0.2) is 0 Å². The molecule has 3 aliphatic rings. The zero-order valence-corrected chi connectivity index (χ0v) is 12.5. The molecule has 1 amide bonds. The Morgan fingerprint density at radius 1 is 1.15 bits per heavy atom. The van der Waals surface area contributed by atoms with E-state index in [0.717, 1.165) is 39.1 Å². The van der Waals surface area contributed by atoms with Crippen molar-refractivity contribution in [2.75, 3.05) is 26.2 Å². The predicted octanol–water partition coefficient (Wildman–Crippen LogP) is 1.94. The number of carbonyl (C=O) groups is 1. The van der Waals surface area contributed by atoms with E-state index in [1.165, 1.54) is 32.1 Å². The molecule has 3 atom stereocenters. The lowest BCUT2D eigenvalue weighted by molar-refractivity contribution is -0.137. The van der Waals surface area contributed by atoms with Gasteiger partial charge in [-0.15, -0.1) is 0 Å². The van der Waals surface area contributed by atoms with E-state index < -0.39 is 0 Å². The molecule has 0 saturated carbocycles. The van der Waals surface area contributed by atoms with E-state index in [-0.39, 0.29) is 6.10 Å². The lowest BCUT2D eigenvalue weighted by Gasteiger charge is -2.35. The van der Waals surface area contributed by atoms with Gasteiger partial charge in [-0.05, 0) is 64.0 Å². The van der Waals surface area contributed by atoms with E-state index in [1.807, 2.05) is 0 Å². The van der Waals surface area contributed by atoms with Gasteiger partial charge < -0.3 is 15.0 Å². The van der Waals surface area contributed by atoms with E-state index in [0.29, 0.717) is 24.3 Å². The van der Waals surface area contributed by atoms with Crippen molar-refractivity contribution in [3.8, 4) is 0 Å². The minimum absolute atomic E-state index is 0.182.